The molecule has 148 valence electrons. The minimum atomic E-state index is -4.53. The van der Waals surface area contributed by atoms with Crippen molar-refractivity contribution in [3.63, 3.8) is 0 Å². The molecule has 0 saturated heterocycles. The average Bonchev–Trinajstić information content (AvgIpc) is 3.21. The van der Waals surface area contributed by atoms with E-state index in [0.717, 1.165) is 30.2 Å². The molecule has 0 atom stereocenters. The molecule has 0 radical (unpaired) electrons. The number of alkyl halides is 3. The Morgan fingerprint density at radius 2 is 2.11 bits per heavy atom. The molecule has 0 aromatic carbocycles. The minimum absolute atomic E-state index is 0.0396. The van der Waals surface area contributed by atoms with Crippen molar-refractivity contribution < 1.29 is 18.0 Å². The molecule has 1 amide bonds. The van der Waals surface area contributed by atoms with Crippen LogP contribution in [0.4, 0.5) is 13.2 Å². The van der Waals surface area contributed by atoms with Gasteiger partial charge in [0.2, 0.25) is 0 Å². The molecule has 0 bridgehead atoms. The van der Waals surface area contributed by atoms with E-state index < -0.39 is 17.4 Å². The zero-order chi connectivity index (χ0) is 20.1. The third-order valence-electron chi connectivity index (χ3n) is 4.44. The molecule has 11 heteroatoms. The van der Waals surface area contributed by atoms with Gasteiger partial charge in [0.15, 0.2) is 10.7 Å². The van der Waals surface area contributed by atoms with Gasteiger partial charge < -0.3 is 5.32 Å². The SMILES string of the molecule is CCNC(=O)c1csc2nc(Cn3nc(C(F)(F)F)cc3C3CC3)cc(=O)n12. The highest BCUT2D eigenvalue weighted by atomic mass is 32.1. The fraction of sp³-hybridized carbons (Fsp3) is 0.412. The molecular formula is C17H16F3N5O2S. The van der Waals surface area contributed by atoms with E-state index >= 15 is 0 Å². The molecule has 3 heterocycles. The quantitative estimate of drug-likeness (QED) is 0.700. The van der Waals surface area contributed by atoms with Crippen molar-refractivity contribution in [2.75, 3.05) is 6.54 Å². The van der Waals surface area contributed by atoms with Gasteiger partial charge in [-0.15, -0.1) is 11.3 Å². The first-order valence-electron chi connectivity index (χ1n) is 8.71. The Morgan fingerprint density at radius 3 is 2.75 bits per heavy atom. The number of hydrogen-bond donors (Lipinski definition) is 1. The molecular weight excluding hydrogens is 395 g/mol. The van der Waals surface area contributed by atoms with Crippen molar-refractivity contribution in [1.29, 1.82) is 0 Å². The molecule has 28 heavy (non-hydrogen) atoms. The van der Waals surface area contributed by atoms with E-state index in [0.29, 0.717) is 22.9 Å². The second-order valence-electron chi connectivity index (χ2n) is 6.57. The average molecular weight is 411 g/mol. The first-order chi connectivity index (χ1) is 13.3. The summed E-state index contributed by atoms with van der Waals surface area (Å²) in [5.41, 5.74) is -0.417. The number of aromatic nitrogens is 4. The summed E-state index contributed by atoms with van der Waals surface area (Å²) < 4.78 is 41.6. The van der Waals surface area contributed by atoms with Crippen molar-refractivity contribution in [3.8, 4) is 0 Å². The van der Waals surface area contributed by atoms with E-state index in [2.05, 4.69) is 15.4 Å². The van der Waals surface area contributed by atoms with Gasteiger partial charge in [0, 0.05) is 29.6 Å². The maximum Gasteiger partial charge on any atom is 0.435 e. The Morgan fingerprint density at radius 1 is 1.36 bits per heavy atom. The zero-order valence-electron chi connectivity index (χ0n) is 14.8. The first-order valence-corrected chi connectivity index (χ1v) is 9.59. The predicted molar refractivity (Wildman–Crippen MR) is 95.7 cm³/mol. The van der Waals surface area contributed by atoms with E-state index in [9.17, 15) is 22.8 Å². The van der Waals surface area contributed by atoms with Gasteiger partial charge in [-0.3, -0.25) is 14.3 Å². The maximum atomic E-state index is 13.0. The molecule has 1 aliphatic rings. The molecule has 3 aromatic rings. The third kappa shape index (κ3) is 3.41. The topological polar surface area (TPSA) is 81.3 Å². The van der Waals surface area contributed by atoms with Crippen LogP contribution in [0.1, 0.15) is 53.3 Å². The fourth-order valence-electron chi connectivity index (χ4n) is 3.01. The van der Waals surface area contributed by atoms with Gasteiger partial charge in [0.1, 0.15) is 5.69 Å². The molecule has 0 spiro atoms. The van der Waals surface area contributed by atoms with E-state index in [1.165, 1.54) is 20.5 Å². The number of hydrogen-bond acceptors (Lipinski definition) is 5. The number of halogens is 3. The van der Waals surface area contributed by atoms with Crippen LogP contribution in [0.25, 0.3) is 4.96 Å². The summed E-state index contributed by atoms with van der Waals surface area (Å²) in [7, 11) is 0. The zero-order valence-corrected chi connectivity index (χ0v) is 15.6. The monoisotopic (exact) mass is 411 g/mol. The fourth-order valence-corrected chi connectivity index (χ4v) is 3.91. The van der Waals surface area contributed by atoms with Crippen LogP contribution < -0.4 is 10.9 Å². The molecule has 3 aromatic heterocycles. The Bertz CT molecular complexity index is 1110. The molecule has 1 saturated carbocycles. The van der Waals surface area contributed by atoms with Crippen molar-refractivity contribution in [2.24, 2.45) is 0 Å². The normalized spacial score (nSPS) is 14.6. The lowest BCUT2D eigenvalue weighted by atomic mass is 10.2. The van der Waals surface area contributed by atoms with Gasteiger partial charge in [-0.25, -0.2) is 9.38 Å². The Labute approximate surface area is 160 Å². The molecule has 0 aliphatic heterocycles. The Balaban J connectivity index is 1.71. The summed E-state index contributed by atoms with van der Waals surface area (Å²) in [5.74, 6) is -0.331. The lowest BCUT2D eigenvalue weighted by Crippen LogP contribution is -2.27. The number of amides is 1. The number of carbonyl (C=O) groups is 1. The van der Waals surface area contributed by atoms with Crippen LogP contribution in [0.5, 0.6) is 0 Å². The standard InChI is InChI=1S/C17H16F3N5O2S/c1-2-21-15(27)12-8-28-16-22-10(5-14(26)25(12)16)7-24-11(9-3-4-9)6-13(23-24)17(18,19)20/h5-6,8-9H,2-4,7H2,1H3,(H,21,27). The van der Waals surface area contributed by atoms with Crippen LogP contribution in [0.15, 0.2) is 22.3 Å². The Kier molecular flexibility index (Phi) is 4.48. The summed E-state index contributed by atoms with van der Waals surface area (Å²) in [6.07, 6.45) is -2.89. The van der Waals surface area contributed by atoms with Crippen LogP contribution in [-0.4, -0.2) is 31.6 Å². The highest BCUT2D eigenvalue weighted by molar-refractivity contribution is 7.15. The minimum Gasteiger partial charge on any atom is -0.351 e. The second-order valence-corrected chi connectivity index (χ2v) is 7.40. The van der Waals surface area contributed by atoms with Crippen LogP contribution in [0, 0.1) is 0 Å². The second kappa shape index (κ2) is 6.73. The van der Waals surface area contributed by atoms with Crippen molar-refractivity contribution in [1.82, 2.24) is 24.5 Å². The van der Waals surface area contributed by atoms with Crippen LogP contribution in [-0.2, 0) is 12.7 Å². The molecule has 1 fully saturated rings. The van der Waals surface area contributed by atoms with Gasteiger partial charge >= 0.3 is 6.18 Å². The number of rotatable bonds is 5. The summed E-state index contributed by atoms with van der Waals surface area (Å²) in [6, 6.07) is 2.30. The van der Waals surface area contributed by atoms with E-state index in [4.69, 9.17) is 0 Å². The number of fused-ring (bicyclic) bond motifs is 1. The number of nitrogens with zero attached hydrogens (tertiary/aromatic N) is 4. The van der Waals surface area contributed by atoms with E-state index in [1.807, 2.05) is 0 Å². The van der Waals surface area contributed by atoms with Gasteiger partial charge in [-0.1, -0.05) is 0 Å². The largest absolute Gasteiger partial charge is 0.435 e. The predicted octanol–water partition coefficient (Wildman–Crippen LogP) is 2.65. The molecule has 1 N–H and O–H groups in total. The summed E-state index contributed by atoms with van der Waals surface area (Å²) in [6.45, 7) is 2.14. The molecule has 1 aliphatic carbocycles. The summed E-state index contributed by atoms with van der Waals surface area (Å²) in [5, 5.41) is 7.84. The lowest BCUT2D eigenvalue weighted by molar-refractivity contribution is -0.141. The first kappa shape index (κ1) is 18.7. The number of thiazole rings is 1. The third-order valence-corrected chi connectivity index (χ3v) is 5.26. The van der Waals surface area contributed by atoms with Gasteiger partial charge in [-0.05, 0) is 25.8 Å². The van der Waals surface area contributed by atoms with Crippen molar-refractivity contribution in [2.45, 2.75) is 38.4 Å². The highest BCUT2D eigenvalue weighted by Gasteiger charge is 2.37. The van der Waals surface area contributed by atoms with Gasteiger partial charge in [0.05, 0.1) is 12.2 Å². The van der Waals surface area contributed by atoms with Crippen LogP contribution in [0.3, 0.4) is 0 Å². The van der Waals surface area contributed by atoms with E-state index in [1.54, 1.807) is 6.92 Å². The molecule has 4 rings (SSSR count). The van der Waals surface area contributed by atoms with Crippen LogP contribution >= 0.6 is 11.3 Å². The van der Waals surface area contributed by atoms with Gasteiger partial charge in [0.25, 0.3) is 11.5 Å². The van der Waals surface area contributed by atoms with Crippen molar-refractivity contribution in [3.05, 3.63) is 50.6 Å². The maximum absolute atomic E-state index is 13.0. The molecule has 7 nitrogen and oxygen atoms in total. The highest BCUT2D eigenvalue weighted by Crippen LogP contribution is 2.42. The number of carbonyl (C=O) groups excluding carboxylic acids is 1. The number of nitrogens with one attached hydrogen (secondary N) is 1. The Hall–Kier alpha value is -2.69. The summed E-state index contributed by atoms with van der Waals surface area (Å²) >= 11 is 1.12. The van der Waals surface area contributed by atoms with Crippen molar-refractivity contribution >= 4 is 22.2 Å². The van der Waals surface area contributed by atoms with Gasteiger partial charge in [-0.2, -0.15) is 18.3 Å². The summed E-state index contributed by atoms with van der Waals surface area (Å²) in [4.78, 5) is 29.2. The van der Waals surface area contributed by atoms with Crippen LogP contribution in [0.2, 0.25) is 0 Å². The smallest absolute Gasteiger partial charge is 0.351 e. The van der Waals surface area contributed by atoms with E-state index in [-0.39, 0.29) is 24.1 Å². The molecule has 0 unspecified atom stereocenters. The lowest BCUT2D eigenvalue weighted by Gasteiger charge is -2.07.